The summed E-state index contributed by atoms with van der Waals surface area (Å²) in [7, 11) is 0. The number of amides is 2. The van der Waals surface area contributed by atoms with Crippen molar-refractivity contribution in [2.45, 2.75) is 13.0 Å². The molecule has 0 aliphatic heterocycles. The minimum Gasteiger partial charge on any atom is -0.459 e. The van der Waals surface area contributed by atoms with Crippen LogP contribution < -0.4 is 10.6 Å². The van der Waals surface area contributed by atoms with Gasteiger partial charge in [-0.05, 0) is 43.3 Å². The number of carbonyl (C=O) groups excluding carboxylic acids is 3. The topological polar surface area (TPSA) is 97.6 Å². The molecular formula is C21H16F2N2O5. The Morgan fingerprint density at radius 2 is 1.73 bits per heavy atom. The number of esters is 1. The van der Waals surface area contributed by atoms with Crippen molar-refractivity contribution in [1.82, 2.24) is 0 Å². The van der Waals surface area contributed by atoms with Gasteiger partial charge in [0.25, 0.3) is 11.8 Å². The van der Waals surface area contributed by atoms with Crippen LogP contribution in [0.25, 0.3) is 0 Å². The minimum atomic E-state index is -1.30. The van der Waals surface area contributed by atoms with Crippen LogP contribution in [0.1, 0.15) is 27.8 Å². The van der Waals surface area contributed by atoms with E-state index in [9.17, 15) is 23.2 Å². The Hall–Kier alpha value is -4.01. The Labute approximate surface area is 169 Å². The summed E-state index contributed by atoms with van der Waals surface area (Å²) in [4.78, 5) is 36.9. The molecule has 30 heavy (non-hydrogen) atoms. The highest BCUT2D eigenvalue weighted by molar-refractivity contribution is 6.07. The molecule has 0 saturated heterocycles. The number of carbonyl (C=O) groups is 3. The van der Waals surface area contributed by atoms with E-state index < -0.39 is 35.5 Å². The van der Waals surface area contributed by atoms with Crippen LogP contribution >= 0.6 is 0 Å². The summed E-state index contributed by atoms with van der Waals surface area (Å²) in [6.07, 6.45) is 0.0371. The minimum absolute atomic E-state index is 0.00465. The van der Waals surface area contributed by atoms with Crippen LogP contribution in [0.15, 0.2) is 65.3 Å². The zero-order chi connectivity index (χ0) is 21.7. The Kier molecular flexibility index (Phi) is 6.21. The number of hydrogen-bond acceptors (Lipinski definition) is 5. The van der Waals surface area contributed by atoms with Crippen molar-refractivity contribution < 1.29 is 32.3 Å². The highest BCUT2D eigenvalue weighted by Crippen LogP contribution is 2.19. The summed E-state index contributed by atoms with van der Waals surface area (Å²) in [5.74, 6) is -3.98. The van der Waals surface area contributed by atoms with Gasteiger partial charge in [0.15, 0.2) is 11.9 Å². The number of benzene rings is 2. The summed E-state index contributed by atoms with van der Waals surface area (Å²) in [5, 5.41) is 4.75. The van der Waals surface area contributed by atoms with Crippen LogP contribution in [0.4, 0.5) is 20.2 Å². The predicted molar refractivity (Wildman–Crippen MR) is 103 cm³/mol. The Bertz CT molecular complexity index is 1080. The van der Waals surface area contributed by atoms with Gasteiger partial charge in [-0.25, -0.2) is 13.6 Å². The number of nitrogens with one attached hydrogen (secondary N) is 2. The molecule has 154 valence electrons. The molecule has 0 aliphatic rings. The predicted octanol–water partition coefficient (Wildman–Crippen LogP) is 3.99. The highest BCUT2D eigenvalue weighted by atomic mass is 19.1. The van der Waals surface area contributed by atoms with Gasteiger partial charge < -0.3 is 19.8 Å². The first-order valence-electron chi connectivity index (χ1n) is 8.76. The Morgan fingerprint density at radius 3 is 2.43 bits per heavy atom. The normalized spacial score (nSPS) is 11.4. The lowest BCUT2D eigenvalue weighted by molar-refractivity contribution is -0.123. The van der Waals surface area contributed by atoms with Crippen LogP contribution in [0, 0.1) is 11.6 Å². The van der Waals surface area contributed by atoms with Crippen LogP contribution in [0.5, 0.6) is 0 Å². The molecule has 0 bridgehead atoms. The van der Waals surface area contributed by atoms with Crippen LogP contribution in [0.2, 0.25) is 0 Å². The maximum Gasteiger partial charge on any atom is 0.341 e. The summed E-state index contributed by atoms with van der Waals surface area (Å²) in [6.45, 7) is 1.29. The smallest absolute Gasteiger partial charge is 0.341 e. The number of hydrogen-bond donors (Lipinski definition) is 2. The van der Waals surface area contributed by atoms with Crippen molar-refractivity contribution in [3.63, 3.8) is 0 Å². The second-order valence-electron chi connectivity index (χ2n) is 6.14. The quantitative estimate of drug-likeness (QED) is 0.595. The molecule has 0 aliphatic carbocycles. The lowest BCUT2D eigenvalue weighted by atomic mass is 10.1. The van der Waals surface area contributed by atoms with Gasteiger partial charge in [0.05, 0.1) is 23.2 Å². The second kappa shape index (κ2) is 8.99. The number of anilines is 2. The molecule has 0 fully saturated rings. The van der Waals surface area contributed by atoms with Gasteiger partial charge in [0.1, 0.15) is 11.6 Å². The van der Waals surface area contributed by atoms with Crippen molar-refractivity contribution in [2.24, 2.45) is 0 Å². The molecule has 0 unspecified atom stereocenters. The average molecular weight is 414 g/mol. The number of ether oxygens (including phenoxy) is 1. The molecular weight excluding hydrogens is 398 g/mol. The molecule has 2 amide bonds. The fourth-order valence-corrected chi connectivity index (χ4v) is 2.46. The SMILES string of the molecule is C[C@H](OC(=O)c1ccccc1NC(=O)c1ccco1)C(=O)Nc1ccc(F)cc1F. The third kappa shape index (κ3) is 4.88. The lowest BCUT2D eigenvalue weighted by Gasteiger charge is -2.15. The van der Waals surface area contributed by atoms with Crippen molar-refractivity contribution in [2.75, 3.05) is 10.6 Å². The van der Waals surface area contributed by atoms with E-state index in [1.165, 1.54) is 31.4 Å². The molecule has 1 aromatic heterocycles. The molecule has 7 nitrogen and oxygen atoms in total. The second-order valence-corrected chi connectivity index (χ2v) is 6.14. The van der Waals surface area contributed by atoms with E-state index in [1.54, 1.807) is 18.2 Å². The van der Waals surface area contributed by atoms with Crippen LogP contribution in [-0.2, 0) is 9.53 Å². The maximum absolute atomic E-state index is 13.7. The van der Waals surface area contributed by atoms with E-state index in [0.29, 0.717) is 6.07 Å². The van der Waals surface area contributed by atoms with E-state index in [2.05, 4.69) is 10.6 Å². The molecule has 1 atom stereocenters. The van der Waals surface area contributed by atoms with Crippen molar-refractivity contribution in [3.8, 4) is 0 Å². The molecule has 0 saturated carbocycles. The molecule has 3 aromatic rings. The van der Waals surface area contributed by atoms with Gasteiger partial charge in [0.2, 0.25) is 0 Å². The number of halogens is 2. The standard InChI is InChI=1S/C21H16F2N2O5/c1-12(19(26)25-17-9-8-13(22)11-15(17)23)30-21(28)14-5-2-3-6-16(14)24-20(27)18-7-4-10-29-18/h2-12H,1H3,(H,24,27)(H,25,26)/t12-/m0/s1. The average Bonchev–Trinajstić information content (AvgIpc) is 3.25. The first-order chi connectivity index (χ1) is 14.3. The van der Waals surface area contributed by atoms with Gasteiger partial charge in [-0.3, -0.25) is 9.59 Å². The molecule has 3 rings (SSSR count). The van der Waals surface area contributed by atoms with Crippen molar-refractivity contribution >= 4 is 29.2 Å². The van der Waals surface area contributed by atoms with Gasteiger partial charge in [-0.1, -0.05) is 12.1 Å². The van der Waals surface area contributed by atoms with Gasteiger partial charge in [-0.15, -0.1) is 0 Å². The fraction of sp³-hybridized carbons (Fsp3) is 0.0952. The molecule has 0 spiro atoms. The molecule has 0 radical (unpaired) electrons. The number of para-hydroxylation sites is 1. The first-order valence-corrected chi connectivity index (χ1v) is 8.76. The molecule has 1 heterocycles. The summed E-state index contributed by atoms with van der Waals surface area (Å²) in [6, 6.07) is 11.7. The van der Waals surface area contributed by atoms with E-state index in [0.717, 1.165) is 12.1 Å². The summed E-state index contributed by atoms with van der Waals surface area (Å²) in [5.41, 5.74) is -0.0958. The Balaban J connectivity index is 1.68. The number of furan rings is 1. The summed E-state index contributed by atoms with van der Waals surface area (Å²) < 4.78 is 36.8. The van der Waals surface area contributed by atoms with E-state index in [-0.39, 0.29) is 22.7 Å². The van der Waals surface area contributed by atoms with E-state index in [1.807, 2.05) is 0 Å². The van der Waals surface area contributed by atoms with Gasteiger partial charge in [-0.2, -0.15) is 0 Å². The largest absolute Gasteiger partial charge is 0.459 e. The third-order valence-electron chi connectivity index (χ3n) is 3.98. The zero-order valence-electron chi connectivity index (χ0n) is 15.6. The monoisotopic (exact) mass is 414 g/mol. The van der Waals surface area contributed by atoms with E-state index in [4.69, 9.17) is 9.15 Å². The highest BCUT2D eigenvalue weighted by Gasteiger charge is 2.22. The molecule has 2 N–H and O–H groups in total. The van der Waals surface area contributed by atoms with Crippen LogP contribution in [-0.4, -0.2) is 23.9 Å². The molecule has 2 aromatic carbocycles. The fourth-order valence-electron chi connectivity index (χ4n) is 2.46. The first kappa shape index (κ1) is 20.7. The van der Waals surface area contributed by atoms with E-state index >= 15 is 0 Å². The zero-order valence-corrected chi connectivity index (χ0v) is 15.6. The number of rotatable bonds is 6. The van der Waals surface area contributed by atoms with Crippen molar-refractivity contribution in [3.05, 3.63) is 83.8 Å². The summed E-state index contributed by atoms with van der Waals surface area (Å²) >= 11 is 0. The van der Waals surface area contributed by atoms with Gasteiger partial charge in [0, 0.05) is 6.07 Å². The maximum atomic E-state index is 13.7. The third-order valence-corrected chi connectivity index (χ3v) is 3.98. The van der Waals surface area contributed by atoms with Crippen LogP contribution in [0.3, 0.4) is 0 Å². The molecule has 9 heteroatoms. The Morgan fingerprint density at radius 1 is 0.967 bits per heavy atom. The lowest BCUT2D eigenvalue weighted by Crippen LogP contribution is -2.30. The van der Waals surface area contributed by atoms with Crippen molar-refractivity contribution in [1.29, 1.82) is 0 Å². The van der Waals surface area contributed by atoms with Gasteiger partial charge >= 0.3 is 5.97 Å².